The number of carbonyl (C=O) groups is 1. The molecule has 0 heterocycles. The Morgan fingerprint density at radius 1 is 1.31 bits per heavy atom. The summed E-state index contributed by atoms with van der Waals surface area (Å²) < 4.78 is 0. The molecule has 0 aromatic heterocycles. The number of hydrogen-bond acceptors (Lipinski definition) is 1. The summed E-state index contributed by atoms with van der Waals surface area (Å²) in [5, 5.41) is 0. The number of allylic oxidation sites excluding steroid dienone is 2. The predicted octanol–water partition coefficient (Wildman–Crippen LogP) is 2.85. The van der Waals surface area contributed by atoms with Gasteiger partial charge in [-0.3, -0.25) is 4.79 Å². The van der Waals surface area contributed by atoms with Gasteiger partial charge in [0.25, 0.3) is 0 Å². The quantitative estimate of drug-likeness (QED) is 0.638. The summed E-state index contributed by atoms with van der Waals surface area (Å²) in [6.07, 6.45) is 5.55. The minimum Gasteiger partial charge on any atom is -0.295 e. The van der Waals surface area contributed by atoms with E-state index in [0.717, 1.165) is 5.56 Å². The highest BCUT2D eigenvalue weighted by atomic mass is 16.1. The monoisotopic (exact) mass is 172 g/mol. The van der Waals surface area contributed by atoms with E-state index in [1.165, 1.54) is 6.08 Å². The zero-order valence-electron chi connectivity index (χ0n) is 7.44. The molecule has 1 nitrogen and oxygen atoms in total. The lowest BCUT2D eigenvalue weighted by molar-refractivity contribution is -0.113. The van der Waals surface area contributed by atoms with Gasteiger partial charge < -0.3 is 0 Å². The van der Waals surface area contributed by atoms with Gasteiger partial charge in [0.2, 0.25) is 0 Å². The largest absolute Gasteiger partial charge is 0.295 e. The van der Waals surface area contributed by atoms with Gasteiger partial charge in [0.15, 0.2) is 5.78 Å². The summed E-state index contributed by atoms with van der Waals surface area (Å²) in [5.41, 5.74) is 1.11. The Labute approximate surface area is 78.4 Å². The topological polar surface area (TPSA) is 17.1 Å². The van der Waals surface area contributed by atoms with Crippen LogP contribution in [0.3, 0.4) is 0 Å². The van der Waals surface area contributed by atoms with Gasteiger partial charge in [-0.25, -0.2) is 0 Å². The van der Waals surface area contributed by atoms with Crippen LogP contribution in [0.25, 0.3) is 6.08 Å². The van der Waals surface area contributed by atoms with Crippen molar-refractivity contribution in [2.75, 3.05) is 0 Å². The standard InChI is InChI=1S/C12H12O/c1-2-12(13)10-6-9-11-7-4-3-5-8-11/h2-9H,1,10H2/b9-6+. The van der Waals surface area contributed by atoms with E-state index in [-0.39, 0.29) is 5.78 Å². The molecule has 0 aliphatic heterocycles. The summed E-state index contributed by atoms with van der Waals surface area (Å²) in [4.78, 5) is 10.8. The van der Waals surface area contributed by atoms with Gasteiger partial charge in [0.05, 0.1) is 0 Å². The van der Waals surface area contributed by atoms with E-state index in [1.807, 2.05) is 42.5 Å². The zero-order chi connectivity index (χ0) is 9.52. The molecule has 1 heteroatoms. The molecule has 1 aromatic rings. The van der Waals surface area contributed by atoms with Gasteiger partial charge in [-0.1, -0.05) is 49.1 Å². The number of hydrogen-bond donors (Lipinski definition) is 0. The molecule has 0 bridgehead atoms. The van der Waals surface area contributed by atoms with Gasteiger partial charge in [0.1, 0.15) is 0 Å². The van der Waals surface area contributed by atoms with E-state index >= 15 is 0 Å². The lowest BCUT2D eigenvalue weighted by Gasteiger charge is -1.90. The fourth-order valence-electron chi connectivity index (χ4n) is 0.959. The fraction of sp³-hybridized carbons (Fsp3) is 0.0833. The Morgan fingerprint density at radius 2 is 2.00 bits per heavy atom. The lowest BCUT2D eigenvalue weighted by Crippen LogP contribution is -1.86. The van der Waals surface area contributed by atoms with Crippen LogP contribution < -0.4 is 0 Å². The van der Waals surface area contributed by atoms with Crippen molar-refractivity contribution in [3.63, 3.8) is 0 Å². The van der Waals surface area contributed by atoms with E-state index in [4.69, 9.17) is 0 Å². The van der Waals surface area contributed by atoms with E-state index in [1.54, 1.807) is 0 Å². The third kappa shape index (κ3) is 3.52. The highest BCUT2D eigenvalue weighted by Gasteiger charge is 1.89. The average Bonchev–Trinajstić information content (AvgIpc) is 2.19. The van der Waals surface area contributed by atoms with Crippen molar-refractivity contribution in [1.29, 1.82) is 0 Å². The van der Waals surface area contributed by atoms with Crippen LogP contribution in [0.5, 0.6) is 0 Å². The third-order valence-electron chi connectivity index (χ3n) is 1.66. The van der Waals surface area contributed by atoms with Gasteiger partial charge in [-0.2, -0.15) is 0 Å². The molecule has 0 fully saturated rings. The molecule has 0 aliphatic rings. The van der Waals surface area contributed by atoms with Crippen molar-refractivity contribution in [3.8, 4) is 0 Å². The minimum atomic E-state index is 0.0483. The summed E-state index contributed by atoms with van der Waals surface area (Å²) in [5.74, 6) is 0.0483. The van der Waals surface area contributed by atoms with Gasteiger partial charge in [-0.05, 0) is 11.6 Å². The Balaban J connectivity index is 2.50. The molecule has 1 rings (SSSR count). The van der Waals surface area contributed by atoms with Crippen LogP contribution in [0.2, 0.25) is 0 Å². The lowest BCUT2D eigenvalue weighted by atomic mass is 10.2. The van der Waals surface area contributed by atoms with E-state index in [0.29, 0.717) is 6.42 Å². The van der Waals surface area contributed by atoms with Gasteiger partial charge >= 0.3 is 0 Å². The van der Waals surface area contributed by atoms with Crippen molar-refractivity contribution in [2.24, 2.45) is 0 Å². The Kier molecular flexibility index (Phi) is 3.71. The van der Waals surface area contributed by atoms with Crippen LogP contribution in [0.15, 0.2) is 49.1 Å². The zero-order valence-corrected chi connectivity index (χ0v) is 7.44. The number of benzene rings is 1. The minimum absolute atomic E-state index is 0.0483. The molecule has 0 saturated heterocycles. The highest BCUT2D eigenvalue weighted by Crippen LogP contribution is 2.01. The second-order valence-corrected chi connectivity index (χ2v) is 2.69. The average molecular weight is 172 g/mol. The van der Waals surface area contributed by atoms with E-state index in [9.17, 15) is 4.79 Å². The molecule has 0 radical (unpaired) electrons. The summed E-state index contributed by atoms with van der Waals surface area (Å²) in [6.45, 7) is 3.40. The molecule has 0 atom stereocenters. The molecule has 1 aromatic carbocycles. The van der Waals surface area contributed by atoms with Crippen molar-refractivity contribution in [3.05, 3.63) is 54.6 Å². The van der Waals surface area contributed by atoms with Crippen LogP contribution in [0.4, 0.5) is 0 Å². The maximum absolute atomic E-state index is 10.8. The van der Waals surface area contributed by atoms with E-state index < -0.39 is 0 Å². The fourth-order valence-corrected chi connectivity index (χ4v) is 0.959. The van der Waals surface area contributed by atoms with Crippen LogP contribution in [0, 0.1) is 0 Å². The predicted molar refractivity (Wildman–Crippen MR) is 55.3 cm³/mol. The number of carbonyl (C=O) groups excluding carboxylic acids is 1. The van der Waals surface area contributed by atoms with Gasteiger partial charge in [-0.15, -0.1) is 0 Å². The van der Waals surface area contributed by atoms with Crippen molar-refractivity contribution >= 4 is 11.9 Å². The smallest absolute Gasteiger partial charge is 0.158 e. The molecule has 0 N–H and O–H groups in total. The van der Waals surface area contributed by atoms with Crippen LogP contribution in [0.1, 0.15) is 12.0 Å². The van der Waals surface area contributed by atoms with Crippen LogP contribution >= 0.6 is 0 Å². The van der Waals surface area contributed by atoms with Crippen LogP contribution in [-0.4, -0.2) is 5.78 Å². The molecule has 0 unspecified atom stereocenters. The van der Waals surface area contributed by atoms with Crippen molar-refractivity contribution in [2.45, 2.75) is 6.42 Å². The molecule has 66 valence electrons. The Hall–Kier alpha value is -1.63. The van der Waals surface area contributed by atoms with Crippen molar-refractivity contribution in [1.82, 2.24) is 0 Å². The number of ketones is 1. The normalized spacial score (nSPS) is 10.2. The molecular weight excluding hydrogens is 160 g/mol. The molecule has 0 aliphatic carbocycles. The third-order valence-corrected chi connectivity index (χ3v) is 1.66. The first kappa shape index (κ1) is 9.46. The first-order valence-electron chi connectivity index (χ1n) is 4.20. The summed E-state index contributed by atoms with van der Waals surface area (Å²) in [6, 6.07) is 9.89. The molecule has 0 spiro atoms. The van der Waals surface area contributed by atoms with Crippen LogP contribution in [-0.2, 0) is 4.79 Å². The SMILES string of the molecule is C=CC(=O)C/C=C/c1ccccc1. The molecule has 13 heavy (non-hydrogen) atoms. The van der Waals surface area contributed by atoms with Gasteiger partial charge in [0, 0.05) is 6.42 Å². The molecular formula is C12H12O. The Bertz CT molecular complexity index is 309. The number of rotatable bonds is 4. The maximum Gasteiger partial charge on any atom is 0.158 e. The second-order valence-electron chi connectivity index (χ2n) is 2.69. The second kappa shape index (κ2) is 5.09. The van der Waals surface area contributed by atoms with Crippen molar-refractivity contribution < 1.29 is 4.79 Å². The maximum atomic E-state index is 10.8. The summed E-state index contributed by atoms with van der Waals surface area (Å²) >= 11 is 0. The summed E-state index contributed by atoms with van der Waals surface area (Å²) in [7, 11) is 0. The first-order chi connectivity index (χ1) is 6.33. The first-order valence-corrected chi connectivity index (χ1v) is 4.20. The molecule has 0 saturated carbocycles. The van der Waals surface area contributed by atoms with E-state index in [2.05, 4.69) is 6.58 Å². The highest BCUT2D eigenvalue weighted by molar-refractivity contribution is 5.90. The Morgan fingerprint density at radius 3 is 2.62 bits per heavy atom. The molecule has 0 amide bonds.